The zero-order valence-corrected chi connectivity index (χ0v) is 11.2. The van der Waals surface area contributed by atoms with E-state index < -0.39 is 0 Å². The van der Waals surface area contributed by atoms with Gasteiger partial charge in [-0.2, -0.15) is 0 Å². The highest BCUT2D eigenvalue weighted by molar-refractivity contribution is 5.45. The Kier molecular flexibility index (Phi) is 4.43. The largest absolute Gasteiger partial charge is 0.508 e. The second-order valence-corrected chi connectivity index (χ2v) is 5.08. The van der Waals surface area contributed by atoms with Crippen molar-refractivity contribution in [2.45, 2.75) is 44.6 Å². The van der Waals surface area contributed by atoms with Crippen LogP contribution < -0.4 is 5.32 Å². The van der Waals surface area contributed by atoms with Crippen molar-refractivity contribution in [3.63, 3.8) is 0 Å². The molecule has 2 atom stereocenters. The van der Waals surface area contributed by atoms with Crippen molar-refractivity contribution >= 4 is 0 Å². The van der Waals surface area contributed by atoms with Gasteiger partial charge in [-0.1, -0.05) is 25.1 Å². The molecule has 0 radical (unpaired) electrons. The van der Waals surface area contributed by atoms with Gasteiger partial charge >= 0.3 is 0 Å². The third-order valence-corrected chi connectivity index (χ3v) is 3.83. The third kappa shape index (κ3) is 2.59. The zero-order chi connectivity index (χ0) is 13.0. The van der Waals surface area contributed by atoms with E-state index in [9.17, 15) is 5.11 Å². The van der Waals surface area contributed by atoms with Gasteiger partial charge in [0.25, 0.3) is 0 Å². The Balaban J connectivity index is 2.28. The van der Waals surface area contributed by atoms with E-state index in [1.54, 1.807) is 6.07 Å². The lowest BCUT2D eigenvalue weighted by molar-refractivity contribution is 0.371. The van der Waals surface area contributed by atoms with E-state index in [1.165, 1.54) is 5.56 Å². The van der Waals surface area contributed by atoms with Gasteiger partial charge in [0, 0.05) is 17.5 Å². The van der Waals surface area contributed by atoms with Crippen molar-refractivity contribution in [1.82, 2.24) is 5.32 Å². The monoisotopic (exact) mass is 245 g/mol. The SMILES string of the molecule is C=CC[C@H]1c2c(O)cccc2CC[C@H]1NCCC. The maximum atomic E-state index is 10.1. The second-order valence-electron chi connectivity index (χ2n) is 5.08. The van der Waals surface area contributed by atoms with Crippen LogP contribution in [0.5, 0.6) is 5.75 Å². The van der Waals surface area contributed by atoms with Crippen molar-refractivity contribution < 1.29 is 5.11 Å². The van der Waals surface area contributed by atoms with Crippen molar-refractivity contribution in [1.29, 1.82) is 0 Å². The van der Waals surface area contributed by atoms with E-state index in [0.717, 1.165) is 37.8 Å². The van der Waals surface area contributed by atoms with Gasteiger partial charge in [-0.25, -0.2) is 0 Å². The molecule has 2 N–H and O–H groups in total. The van der Waals surface area contributed by atoms with E-state index in [-0.39, 0.29) is 0 Å². The molecule has 1 aliphatic rings. The highest BCUT2D eigenvalue weighted by Gasteiger charge is 2.30. The minimum absolute atomic E-state index is 0.360. The normalized spacial score (nSPS) is 22.5. The zero-order valence-electron chi connectivity index (χ0n) is 11.2. The van der Waals surface area contributed by atoms with Gasteiger partial charge in [0.05, 0.1) is 0 Å². The first-order valence-corrected chi connectivity index (χ1v) is 6.93. The number of phenolic OH excluding ortho intramolecular Hbond substituents is 1. The molecule has 98 valence electrons. The minimum Gasteiger partial charge on any atom is -0.508 e. The first-order valence-electron chi connectivity index (χ1n) is 6.93. The van der Waals surface area contributed by atoms with Crippen LogP contribution in [0.15, 0.2) is 30.9 Å². The molecule has 2 heteroatoms. The summed E-state index contributed by atoms with van der Waals surface area (Å²) in [5.41, 5.74) is 2.44. The molecule has 0 saturated heterocycles. The summed E-state index contributed by atoms with van der Waals surface area (Å²) in [5.74, 6) is 0.807. The summed E-state index contributed by atoms with van der Waals surface area (Å²) >= 11 is 0. The number of rotatable bonds is 5. The Morgan fingerprint density at radius 3 is 3.06 bits per heavy atom. The smallest absolute Gasteiger partial charge is 0.119 e. The van der Waals surface area contributed by atoms with Crippen LogP contribution in [0.25, 0.3) is 0 Å². The molecule has 2 nitrogen and oxygen atoms in total. The molecule has 0 aromatic heterocycles. The fourth-order valence-corrected chi connectivity index (χ4v) is 2.99. The van der Waals surface area contributed by atoms with Gasteiger partial charge in [-0.05, 0) is 43.9 Å². The minimum atomic E-state index is 0.360. The van der Waals surface area contributed by atoms with E-state index in [4.69, 9.17) is 0 Å². The third-order valence-electron chi connectivity index (χ3n) is 3.83. The Morgan fingerprint density at radius 2 is 2.33 bits per heavy atom. The van der Waals surface area contributed by atoms with Gasteiger partial charge in [-0.3, -0.25) is 0 Å². The van der Waals surface area contributed by atoms with Crippen molar-refractivity contribution in [2.24, 2.45) is 0 Å². The quantitative estimate of drug-likeness (QED) is 0.780. The van der Waals surface area contributed by atoms with Gasteiger partial charge < -0.3 is 10.4 Å². The van der Waals surface area contributed by atoms with Crippen LogP contribution in [0.2, 0.25) is 0 Å². The molecule has 0 spiro atoms. The Morgan fingerprint density at radius 1 is 1.50 bits per heavy atom. The lowest BCUT2D eigenvalue weighted by Gasteiger charge is -2.34. The fraction of sp³-hybridized carbons (Fsp3) is 0.500. The van der Waals surface area contributed by atoms with Crippen molar-refractivity contribution in [3.8, 4) is 5.75 Å². The molecule has 0 amide bonds. The molecule has 18 heavy (non-hydrogen) atoms. The molecule has 0 aliphatic heterocycles. The Labute approximate surface area is 110 Å². The van der Waals surface area contributed by atoms with E-state index >= 15 is 0 Å². The highest BCUT2D eigenvalue weighted by Crippen LogP contribution is 2.39. The van der Waals surface area contributed by atoms with Crippen LogP contribution in [0, 0.1) is 0 Å². The van der Waals surface area contributed by atoms with Gasteiger partial charge in [0.2, 0.25) is 0 Å². The molecule has 1 aromatic rings. The molecule has 1 aromatic carbocycles. The van der Waals surface area contributed by atoms with Gasteiger partial charge in [0.15, 0.2) is 0 Å². The van der Waals surface area contributed by atoms with Crippen molar-refractivity contribution in [2.75, 3.05) is 6.54 Å². The molecular formula is C16H23NO. The Bertz CT molecular complexity index is 414. The van der Waals surface area contributed by atoms with E-state index in [0.29, 0.717) is 17.7 Å². The summed E-state index contributed by atoms with van der Waals surface area (Å²) < 4.78 is 0. The molecule has 1 aliphatic carbocycles. The first kappa shape index (κ1) is 13.2. The van der Waals surface area contributed by atoms with E-state index in [2.05, 4.69) is 24.9 Å². The lowest BCUT2D eigenvalue weighted by atomic mass is 9.77. The van der Waals surface area contributed by atoms with Crippen LogP contribution in [-0.4, -0.2) is 17.7 Å². The van der Waals surface area contributed by atoms with E-state index in [1.807, 2.05) is 12.1 Å². The number of fused-ring (bicyclic) bond motifs is 1. The molecule has 0 bridgehead atoms. The molecule has 0 fully saturated rings. The van der Waals surface area contributed by atoms with Gasteiger partial charge in [0.1, 0.15) is 5.75 Å². The number of nitrogens with one attached hydrogen (secondary N) is 1. The lowest BCUT2D eigenvalue weighted by Crippen LogP contribution is -2.38. The fourth-order valence-electron chi connectivity index (χ4n) is 2.99. The number of allylic oxidation sites excluding steroid dienone is 1. The van der Waals surface area contributed by atoms with Gasteiger partial charge in [-0.15, -0.1) is 6.58 Å². The molecule has 0 heterocycles. The summed E-state index contributed by atoms with van der Waals surface area (Å²) in [7, 11) is 0. The van der Waals surface area contributed by atoms with Crippen LogP contribution in [0.4, 0.5) is 0 Å². The summed E-state index contributed by atoms with van der Waals surface area (Å²) in [6.45, 7) is 7.09. The number of hydrogen-bond acceptors (Lipinski definition) is 2. The summed E-state index contributed by atoms with van der Waals surface area (Å²) in [6, 6.07) is 6.35. The predicted molar refractivity (Wildman–Crippen MR) is 76.1 cm³/mol. The Hall–Kier alpha value is -1.28. The summed E-state index contributed by atoms with van der Waals surface area (Å²) in [4.78, 5) is 0. The summed E-state index contributed by atoms with van der Waals surface area (Å²) in [6.07, 6.45) is 6.23. The second kappa shape index (κ2) is 6.05. The molecule has 0 unspecified atom stereocenters. The molecule has 0 saturated carbocycles. The number of aryl methyl sites for hydroxylation is 1. The predicted octanol–water partition coefficient (Wildman–Crippen LogP) is 3.37. The average molecular weight is 245 g/mol. The first-order chi connectivity index (χ1) is 8.77. The topological polar surface area (TPSA) is 32.3 Å². The molecular weight excluding hydrogens is 222 g/mol. The summed E-state index contributed by atoms with van der Waals surface area (Å²) in [5, 5.41) is 13.7. The highest BCUT2D eigenvalue weighted by atomic mass is 16.3. The van der Waals surface area contributed by atoms with Crippen LogP contribution in [0.3, 0.4) is 0 Å². The number of hydrogen-bond donors (Lipinski definition) is 2. The number of phenols is 1. The maximum absolute atomic E-state index is 10.1. The average Bonchev–Trinajstić information content (AvgIpc) is 2.38. The maximum Gasteiger partial charge on any atom is 0.119 e. The van der Waals surface area contributed by atoms with Crippen LogP contribution >= 0.6 is 0 Å². The molecule has 2 rings (SSSR count). The number of benzene rings is 1. The number of aromatic hydroxyl groups is 1. The van der Waals surface area contributed by atoms with Crippen molar-refractivity contribution in [3.05, 3.63) is 42.0 Å². The van der Waals surface area contributed by atoms with Crippen LogP contribution in [0.1, 0.15) is 43.2 Å². The van der Waals surface area contributed by atoms with Crippen LogP contribution in [-0.2, 0) is 6.42 Å². The standard InChI is InChI=1S/C16H23NO/c1-3-6-13-14(17-11-4-2)10-9-12-7-5-8-15(18)16(12)13/h3,5,7-8,13-14,17-18H,1,4,6,9-11H2,2H3/t13-,14-/m1/s1.